The summed E-state index contributed by atoms with van der Waals surface area (Å²) in [5.41, 5.74) is 0. The van der Waals surface area contributed by atoms with E-state index in [1.807, 2.05) is 0 Å². The fourth-order valence-corrected chi connectivity index (χ4v) is 1.97. The van der Waals surface area contributed by atoms with E-state index in [-0.39, 0.29) is 0 Å². The van der Waals surface area contributed by atoms with Gasteiger partial charge in [0.05, 0.1) is 27.2 Å². The molecule has 0 fully saturated rings. The lowest BCUT2D eigenvalue weighted by atomic mass is 10.6. The van der Waals surface area contributed by atoms with E-state index in [1.165, 1.54) is 5.17 Å². The fourth-order valence-electron chi connectivity index (χ4n) is 1.09. The van der Waals surface area contributed by atoms with Gasteiger partial charge in [-0.3, -0.25) is 9.48 Å². The van der Waals surface area contributed by atoms with Gasteiger partial charge in [-0.15, -0.1) is 0 Å². The number of thioether (sulfide) groups is 1. The minimum Gasteiger partial charge on any atom is -0.262 e. The second-order valence-corrected chi connectivity index (χ2v) is 3.33. The first-order valence-corrected chi connectivity index (χ1v) is 5.23. The number of amidine groups is 1. The van der Waals surface area contributed by atoms with Crippen molar-refractivity contribution in [2.45, 2.75) is 13.8 Å². The zero-order valence-electron chi connectivity index (χ0n) is 8.22. The molecule has 0 aromatic heterocycles. The van der Waals surface area contributed by atoms with Gasteiger partial charge in [-0.2, -0.15) is 0 Å². The van der Waals surface area contributed by atoms with Crippen LogP contribution in [0.5, 0.6) is 0 Å². The molecule has 0 aliphatic heterocycles. The number of nitrogens with zero attached hydrogens (tertiary/aromatic N) is 2. The van der Waals surface area contributed by atoms with Crippen molar-refractivity contribution in [1.29, 1.82) is 0 Å². The van der Waals surface area contributed by atoms with Gasteiger partial charge in [0.1, 0.15) is 0 Å². The third-order valence-corrected chi connectivity index (χ3v) is 2.59. The normalized spacial score (nSPS) is 9.55. The predicted octanol–water partition coefficient (Wildman–Crippen LogP) is 1.32. The van der Waals surface area contributed by atoms with Crippen molar-refractivity contribution in [3.8, 4) is 0 Å². The van der Waals surface area contributed by atoms with Gasteiger partial charge in [0.2, 0.25) is 0 Å². The van der Waals surface area contributed by atoms with E-state index in [2.05, 4.69) is 43.7 Å². The molecule has 0 N–H and O–H groups in total. The van der Waals surface area contributed by atoms with Gasteiger partial charge in [0, 0.05) is 0 Å². The highest BCUT2D eigenvalue weighted by atomic mass is 32.2. The Hall–Kier alpha value is -0.180. The van der Waals surface area contributed by atoms with Crippen molar-refractivity contribution in [3.63, 3.8) is 0 Å². The summed E-state index contributed by atoms with van der Waals surface area (Å²) in [5.74, 6) is 0. The first-order chi connectivity index (χ1) is 5.17. The Morgan fingerprint density at radius 1 is 1.27 bits per heavy atom. The van der Waals surface area contributed by atoms with Crippen LogP contribution in [0.1, 0.15) is 13.8 Å². The quantitative estimate of drug-likeness (QED) is 0.355. The van der Waals surface area contributed by atoms with E-state index >= 15 is 0 Å². The summed E-state index contributed by atoms with van der Waals surface area (Å²) < 4.78 is 2.16. The van der Waals surface area contributed by atoms with Crippen LogP contribution in [-0.4, -0.2) is 48.1 Å². The lowest BCUT2D eigenvalue weighted by Crippen LogP contribution is -2.33. The van der Waals surface area contributed by atoms with E-state index in [9.17, 15) is 0 Å². The first kappa shape index (κ1) is 10.8. The standard InChI is InChI=1S/C8H19N2S/c1-6-10(7-2)8(11-5)9(3)4/h6-7H2,1-5H3/q+1. The Morgan fingerprint density at radius 3 is 1.82 bits per heavy atom. The van der Waals surface area contributed by atoms with Gasteiger partial charge in [-0.25, -0.2) is 0 Å². The van der Waals surface area contributed by atoms with Crippen LogP contribution in [0.2, 0.25) is 0 Å². The van der Waals surface area contributed by atoms with Crippen molar-refractivity contribution >= 4 is 16.9 Å². The Labute approximate surface area is 74.3 Å². The minimum atomic E-state index is 1.09. The van der Waals surface area contributed by atoms with Crippen LogP contribution in [0.25, 0.3) is 0 Å². The van der Waals surface area contributed by atoms with Crippen molar-refractivity contribution in [2.24, 2.45) is 0 Å². The molecule has 0 aliphatic rings. The van der Waals surface area contributed by atoms with Crippen LogP contribution in [0.15, 0.2) is 0 Å². The molecule has 0 unspecified atom stereocenters. The van der Waals surface area contributed by atoms with Crippen molar-refractivity contribution < 1.29 is 4.58 Å². The van der Waals surface area contributed by atoms with Crippen LogP contribution in [0.4, 0.5) is 0 Å². The molecular weight excluding hydrogens is 156 g/mol. The van der Waals surface area contributed by atoms with Crippen LogP contribution in [0, 0.1) is 0 Å². The maximum absolute atomic E-state index is 2.35. The van der Waals surface area contributed by atoms with Gasteiger partial charge in [0.25, 0.3) is 0 Å². The Morgan fingerprint density at radius 2 is 1.73 bits per heavy atom. The first-order valence-electron chi connectivity index (χ1n) is 4.00. The average molecular weight is 175 g/mol. The molecule has 0 aliphatic carbocycles. The molecule has 0 bridgehead atoms. The number of hydrogen-bond acceptors (Lipinski definition) is 1. The highest BCUT2D eigenvalue weighted by Gasteiger charge is 2.14. The summed E-state index contributed by atoms with van der Waals surface area (Å²) in [7, 11) is 4.17. The lowest BCUT2D eigenvalue weighted by Gasteiger charge is -2.14. The average Bonchev–Trinajstić information content (AvgIpc) is 1.99. The summed E-state index contributed by atoms with van der Waals surface area (Å²) >= 11 is 1.80. The largest absolute Gasteiger partial charge is 0.307 e. The summed E-state index contributed by atoms with van der Waals surface area (Å²) in [5, 5.41) is 1.34. The number of hydrogen-bond donors (Lipinski definition) is 0. The van der Waals surface area contributed by atoms with Crippen LogP contribution < -0.4 is 0 Å². The van der Waals surface area contributed by atoms with E-state index in [4.69, 9.17) is 0 Å². The molecule has 0 saturated heterocycles. The fraction of sp³-hybridized carbons (Fsp3) is 0.875. The minimum absolute atomic E-state index is 1.09. The third kappa shape index (κ3) is 3.14. The predicted molar refractivity (Wildman–Crippen MR) is 53.6 cm³/mol. The summed E-state index contributed by atoms with van der Waals surface area (Å²) in [6.07, 6.45) is 2.12. The molecule has 0 amide bonds. The molecule has 0 saturated carbocycles. The lowest BCUT2D eigenvalue weighted by molar-refractivity contribution is -0.466. The molecule has 11 heavy (non-hydrogen) atoms. The van der Waals surface area contributed by atoms with Crippen molar-refractivity contribution in [1.82, 2.24) is 4.90 Å². The molecule has 3 heteroatoms. The second kappa shape index (κ2) is 5.47. The second-order valence-electron chi connectivity index (χ2n) is 2.55. The molecular formula is C8H19N2S+. The highest BCUT2D eigenvalue weighted by Crippen LogP contribution is 2.02. The maximum atomic E-state index is 2.35. The Kier molecular flexibility index (Phi) is 5.38. The van der Waals surface area contributed by atoms with Gasteiger partial charge >= 0.3 is 5.17 Å². The van der Waals surface area contributed by atoms with Crippen LogP contribution >= 0.6 is 11.8 Å². The molecule has 0 aromatic carbocycles. The SMILES string of the molecule is CCN(CC)C(SC)=[N+](C)C. The summed E-state index contributed by atoms with van der Waals surface area (Å²) in [6, 6.07) is 0. The molecule has 0 radical (unpaired) electrons. The summed E-state index contributed by atoms with van der Waals surface area (Å²) in [6.45, 7) is 6.54. The zero-order chi connectivity index (χ0) is 8.85. The highest BCUT2D eigenvalue weighted by molar-refractivity contribution is 8.12. The van der Waals surface area contributed by atoms with Gasteiger partial charge in [0.15, 0.2) is 0 Å². The molecule has 0 atom stereocenters. The summed E-state index contributed by atoms with van der Waals surface area (Å²) in [4.78, 5) is 2.35. The third-order valence-electron chi connectivity index (χ3n) is 1.60. The monoisotopic (exact) mass is 175 g/mol. The molecule has 0 rings (SSSR count). The Bertz CT molecular complexity index is 135. The molecule has 0 heterocycles. The topological polar surface area (TPSA) is 6.25 Å². The van der Waals surface area contributed by atoms with Crippen LogP contribution in [0.3, 0.4) is 0 Å². The van der Waals surface area contributed by atoms with Crippen LogP contribution in [-0.2, 0) is 0 Å². The van der Waals surface area contributed by atoms with E-state index in [0.29, 0.717) is 0 Å². The maximum Gasteiger partial charge on any atom is 0.307 e. The van der Waals surface area contributed by atoms with Gasteiger partial charge < -0.3 is 0 Å². The zero-order valence-corrected chi connectivity index (χ0v) is 9.03. The van der Waals surface area contributed by atoms with E-state index < -0.39 is 0 Å². The molecule has 0 spiro atoms. The van der Waals surface area contributed by atoms with Gasteiger partial charge in [-0.1, -0.05) is 0 Å². The van der Waals surface area contributed by atoms with Crippen molar-refractivity contribution in [2.75, 3.05) is 33.4 Å². The molecule has 66 valence electrons. The Balaban J connectivity index is 4.35. The van der Waals surface area contributed by atoms with Gasteiger partial charge in [-0.05, 0) is 31.9 Å². The molecule has 2 nitrogen and oxygen atoms in total. The van der Waals surface area contributed by atoms with Crippen molar-refractivity contribution in [3.05, 3.63) is 0 Å². The number of rotatable bonds is 2. The smallest absolute Gasteiger partial charge is 0.262 e. The molecule has 0 aromatic rings. The van der Waals surface area contributed by atoms with E-state index in [1.54, 1.807) is 11.8 Å². The van der Waals surface area contributed by atoms with E-state index in [0.717, 1.165) is 13.1 Å².